The van der Waals surface area contributed by atoms with E-state index in [0.717, 1.165) is 0 Å². The molecule has 0 radical (unpaired) electrons. The molecule has 108 valence electrons. The number of carbonyl (C=O) groups excluding carboxylic acids is 2. The number of hydrazine groups is 1. The van der Waals surface area contributed by atoms with Crippen LogP contribution in [0, 0.1) is 10.1 Å². The van der Waals surface area contributed by atoms with Gasteiger partial charge < -0.3 is 16.5 Å². The Balaban J connectivity index is 2.82. The lowest BCUT2D eigenvalue weighted by atomic mass is 10.1. The normalized spacial score (nSPS) is 9.85. The van der Waals surface area contributed by atoms with E-state index in [1.54, 1.807) is 0 Å². The van der Waals surface area contributed by atoms with Crippen LogP contribution in [-0.4, -0.2) is 23.3 Å². The summed E-state index contributed by atoms with van der Waals surface area (Å²) < 4.78 is 0. The van der Waals surface area contributed by atoms with Crippen molar-refractivity contribution in [2.75, 3.05) is 12.0 Å². The highest BCUT2D eigenvalue weighted by Crippen LogP contribution is 2.27. The fraction of sp³-hybridized carbons (Fsp3) is 0.273. The van der Waals surface area contributed by atoms with Crippen LogP contribution in [0.3, 0.4) is 0 Å². The minimum atomic E-state index is -0.687. The van der Waals surface area contributed by atoms with Crippen molar-refractivity contribution in [3.8, 4) is 0 Å². The molecule has 0 saturated carbocycles. The van der Waals surface area contributed by atoms with Gasteiger partial charge in [-0.1, -0.05) is 6.07 Å². The van der Waals surface area contributed by atoms with E-state index in [4.69, 9.17) is 11.6 Å². The Morgan fingerprint density at radius 1 is 1.35 bits per heavy atom. The third-order valence-electron chi connectivity index (χ3n) is 2.50. The monoisotopic (exact) mass is 281 g/mol. The minimum Gasteiger partial charge on any atom is -0.370 e. The van der Waals surface area contributed by atoms with E-state index in [1.165, 1.54) is 18.2 Å². The van der Waals surface area contributed by atoms with Crippen molar-refractivity contribution in [2.24, 2.45) is 11.6 Å². The Bertz CT molecular complexity index is 532. The van der Waals surface area contributed by atoms with Gasteiger partial charge in [-0.2, -0.15) is 0 Å². The van der Waals surface area contributed by atoms with E-state index >= 15 is 0 Å². The number of nitrogen functional groups attached to an aromatic ring is 1. The fourth-order valence-corrected chi connectivity index (χ4v) is 1.60. The molecular formula is C11H15N5O4. The summed E-state index contributed by atoms with van der Waals surface area (Å²) in [6, 6.07) is 4.19. The fourth-order valence-electron chi connectivity index (χ4n) is 1.60. The molecule has 0 aliphatic carbocycles. The standard InChI is InChI=1S/C11H15N5O4/c12-9(17)5-2-6-14-11(18)7-3-1-4-8(15-13)10(7)16(19)20/h1,3-4,15H,2,5-6,13H2,(H2,12,17)(H,14,18). The number of benzene rings is 1. The third kappa shape index (κ3) is 3.92. The predicted molar refractivity (Wildman–Crippen MR) is 71.7 cm³/mol. The van der Waals surface area contributed by atoms with Gasteiger partial charge in [-0.15, -0.1) is 0 Å². The van der Waals surface area contributed by atoms with Crippen molar-refractivity contribution in [3.63, 3.8) is 0 Å². The Morgan fingerprint density at radius 3 is 2.60 bits per heavy atom. The summed E-state index contributed by atoms with van der Waals surface area (Å²) in [6.07, 6.45) is 0.496. The van der Waals surface area contributed by atoms with Crippen LogP contribution in [0.5, 0.6) is 0 Å². The molecule has 0 heterocycles. The van der Waals surface area contributed by atoms with Gasteiger partial charge >= 0.3 is 5.69 Å². The summed E-state index contributed by atoms with van der Waals surface area (Å²) in [5.74, 6) is 4.09. The lowest BCUT2D eigenvalue weighted by Gasteiger charge is -2.08. The molecular weight excluding hydrogens is 266 g/mol. The number of nitro benzene ring substituents is 1. The maximum absolute atomic E-state index is 11.9. The molecule has 0 fully saturated rings. The second-order valence-corrected chi connectivity index (χ2v) is 3.93. The van der Waals surface area contributed by atoms with Gasteiger partial charge in [0.2, 0.25) is 5.91 Å². The summed E-state index contributed by atoms with van der Waals surface area (Å²) in [5.41, 5.74) is 6.66. The summed E-state index contributed by atoms with van der Waals surface area (Å²) in [5, 5.41) is 13.5. The first-order valence-corrected chi connectivity index (χ1v) is 5.78. The zero-order valence-corrected chi connectivity index (χ0v) is 10.6. The number of rotatable bonds is 7. The number of nitrogens with two attached hydrogens (primary N) is 2. The molecule has 1 aromatic carbocycles. The molecule has 0 aliphatic heterocycles. The second-order valence-electron chi connectivity index (χ2n) is 3.93. The zero-order chi connectivity index (χ0) is 15.1. The van der Waals surface area contributed by atoms with Crippen molar-refractivity contribution < 1.29 is 14.5 Å². The van der Waals surface area contributed by atoms with Crippen LogP contribution < -0.4 is 22.3 Å². The summed E-state index contributed by atoms with van der Waals surface area (Å²) in [4.78, 5) is 32.7. The lowest BCUT2D eigenvalue weighted by Crippen LogP contribution is -2.26. The minimum absolute atomic E-state index is 0.0415. The Morgan fingerprint density at radius 2 is 2.05 bits per heavy atom. The van der Waals surface area contributed by atoms with Gasteiger partial charge in [0.25, 0.3) is 5.91 Å². The smallest absolute Gasteiger partial charge is 0.306 e. The van der Waals surface area contributed by atoms with Crippen LogP contribution in [-0.2, 0) is 4.79 Å². The van der Waals surface area contributed by atoms with Crippen LogP contribution in [0.25, 0.3) is 0 Å². The number of carbonyl (C=O) groups is 2. The molecule has 0 bridgehead atoms. The average Bonchev–Trinajstić information content (AvgIpc) is 2.41. The van der Waals surface area contributed by atoms with Crippen molar-refractivity contribution >= 4 is 23.2 Å². The number of primary amides is 1. The first-order chi connectivity index (χ1) is 9.47. The van der Waals surface area contributed by atoms with Crippen molar-refractivity contribution in [1.29, 1.82) is 0 Å². The molecule has 0 aliphatic rings. The van der Waals surface area contributed by atoms with Gasteiger partial charge in [-0.25, -0.2) is 0 Å². The number of amides is 2. The van der Waals surface area contributed by atoms with Gasteiger partial charge in [0, 0.05) is 13.0 Å². The molecule has 0 atom stereocenters. The Hall–Kier alpha value is -2.68. The highest BCUT2D eigenvalue weighted by Gasteiger charge is 2.23. The zero-order valence-electron chi connectivity index (χ0n) is 10.6. The molecule has 0 saturated heterocycles. The highest BCUT2D eigenvalue weighted by molar-refractivity contribution is 6.00. The number of hydrogen-bond acceptors (Lipinski definition) is 6. The molecule has 2 amide bonds. The number of nitrogens with zero attached hydrogens (tertiary/aromatic N) is 1. The van der Waals surface area contributed by atoms with E-state index < -0.39 is 22.4 Å². The average molecular weight is 281 g/mol. The lowest BCUT2D eigenvalue weighted by molar-refractivity contribution is -0.384. The highest BCUT2D eigenvalue weighted by atomic mass is 16.6. The third-order valence-corrected chi connectivity index (χ3v) is 2.50. The van der Waals surface area contributed by atoms with Gasteiger partial charge in [0.1, 0.15) is 11.3 Å². The maximum atomic E-state index is 11.9. The van der Waals surface area contributed by atoms with Crippen LogP contribution >= 0.6 is 0 Å². The van der Waals surface area contributed by atoms with Crippen molar-refractivity contribution in [3.05, 3.63) is 33.9 Å². The number of para-hydroxylation sites is 1. The van der Waals surface area contributed by atoms with E-state index in [2.05, 4.69) is 10.7 Å². The van der Waals surface area contributed by atoms with E-state index in [-0.39, 0.29) is 24.2 Å². The van der Waals surface area contributed by atoms with Crippen LogP contribution in [0.1, 0.15) is 23.2 Å². The Kier molecular flexibility index (Phi) is 5.42. The SMILES string of the molecule is NNc1cccc(C(=O)NCCCC(N)=O)c1[N+](=O)[O-]. The van der Waals surface area contributed by atoms with Crippen LogP contribution in [0.15, 0.2) is 18.2 Å². The van der Waals surface area contributed by atoms with Crippen LogP contribution in [0.2, 0.25) is 0 Å². The number of nitro groups is 1. The molecule has 6 N–H and O–H groups in total. The molecule has 0 unspecified atom stereocenters. The van der Waals surface area contributed by atoms with E-state index in [0.29, 0.717) is 6.42 Å². The molecule has 20 heavy (non-hydrogen) atoms. The van der Waals surface area contributed by atoms with Crippen LogP contribution in [0.4, 0.5) is 11.4 Å². The number of nitrogens with one attached hydrogen (secondary N) is 2. The largest absolute Gasteiger partial charge is 0.370 e. The number of hydrogen-bond donors (Lipinski definition) is 4. The molecule has 1 aromatic rings. The number of anilines is 1. The van der Waals surface area contributed by atoms with E-state index in [9.17, 15) is 19.7 Å². The maximum Gasteiger partial charge on any atom is 0.306 e. The first-order valence-electron chi connectivity index (χ1n) is 5.78. The predicted octanol–water partition coefficient (Wildman–Crippen LogP) is -0.124. The van der Waals surface area contributed by atoms with Gasteiger partial charge in [0.05, 0.1) is 4.92 Å². The van der Waals surface area contributed by atoms with Crippen molar-refractivity contribution in [1.82, 2.24) is 5.32 Å². The first kappa shape index (κ1) is 15.4. The molecule has 9 nitrogen and oxygen atoms in total. The van der Waals surface area contributed by atoms with Gasteiger partial charge in [-0.3, -0.25) is 25.5 Å². The Labute approximate surface area is 114 Å². The quantitative estimate of drug-likeness (QED) is 0.236. The topological polar surface area (TPSA) is 153 Å². The van der Waals surface area contributed by atoms with E-state index in [1.807, 2.05) is 0 Å². The molecule has 0 aromatic heterocycles. The molecule has 1 rings (SSSR count). The summed E-state index contributed by atoms with van der Waals surface area (Å²) in [6.45, 7) is 0.194. The molecule has 9 heteroatoms. The summed E-state index contributed by atoms with van der Waals surface area (Å²) in [7, 11) is 0. The van der Waals surface area contributed by atoms with Gasteiger partial charge in [-0.05, 0) is 18.6 Å². The summed E-state index contributed by atoms with van der Waals surface area (Å²) >= 11 is 0. The van der Waals surface area contributed by atoms with Gasteiger partial charge in [0.15, 0.2) is 0 Å². The second kappa shape index (κ2) is 7.04. The van der Waals surface area contributed by atoms with Crippen molar-refractivity contribution in [2.45, 2.75) is 12.8 Å². The molecule has 0 spiro atoms.